The summed E-state index contributed by atoms with van der Waals surface area (Å²) in [5.41, 5.74) is 4.72. The molecule has 0 radical (unpaired) electrons. The molecular formula is C13H17ClN6O. The molecule has 8 heteroatoms. The van der Waals surface area contributed by atoms with Crippen LogP contribution in [0.2, 0.25) is 5.15 Å². The number of hydrogen-bond donors (Lipinski definition) is 3. The Balaban J connectivity index is 2.09. The number of amides is 1. The molecule has 0 saturated heterocycles. The van der Waals surface area contributed by atoms with E-state index in [1.165, 1.54) is 12.1 Å². The number of nitrogen functional groups attached to an aromatic ring is 1. The Morgan fingerprint density at radius 3 is 2.90 bits per heavy atom. The maximum absolute atomic E-state index is 12.2. The van der Waals surface area contributed by atoms with Crippen LogP contribution >= 0.6 is 11.6 Å². The molecule has 21 heavy (non-hydrogen) atoms. The van der Waals surface area contributed by atoms with E-state index in [0.717, 1.165) is 17.7 Å². The molecular weight excluding hydrogens is 292 g/mol. The minimum atomic E-state index is -0.248. The van der Waals surface area contributed by atoms with Gasteiger partial charge in [0.1, 0.15) is 11.0 Å². The fraction of sp³-hybridized carbons (Fsp3) is 0.308. The summed E-state index contributed by atoms with van der Waals surface area (Å²) in [4.78, 5) is 16.1. The molecule has 112 valence electrons. The monoisotopic (exact) mass is 308 g/mol. The predicted molar refractivity (Wildman–Crippen MR) is 80.8 cm³/mol. The van der Waals surface area contributed by atoms with E-state index in [9.17, 15) is 4.79 Å². The van der Waals surface area contributed by atoms with Gasteiger partial charge in [-0.2, -0.15) is 5.10 Å². The summed E-state index contributed by atoms with van der Waals surface area (Å²) >= 11 is 5.84. The minimum absolute atomic E-state index is 0.200. The smallest absolute Gasteiger partial charge is 0.251 e. The number of nitrogens with one attached hydrogen (secondary N) is 2. The molecule has 4 N–H and O–H groups in total. The normalized spacial score (nSPS) is 10.5. The maximum atomic E-state index is 12.2. The van der Waals surface area contributed by atoms with E-state index in [4.69, 9.17) is 17.4 Å². The van der Waals surface area contributed by atoms with Crippen LogP contribution in [0.1, 0.15) is 28.5 Å². The van der Waals surface area contributed by atoms with E-state index in [1.54, 1.807) is 4.68 Å². The summed E-state index contributed by atoms with van der Waals surface area (Å²) in [6.45, 7) is 2.43. The van der Waals surface area contributed by atoms with Gasteiger partial charge in [-0.05, 0) is 18.6 Å². The number of aryl methyl sites for hydroxylation is 2. The van der Waals surface area contributed by atoms with E-state index in [1.807, 2.05) is 20.2 Å². The van der Waals surface area contributed by atoms with Crippen molar-refractivity contribution in [2.45, 2.75) is 19.9 Å². The Morgan fingerprint density at radius 2 is 2.24 bits per heavy atom. The summed E-state index contributed by atoms with van der Waals surface area (Å²) < 4.78 is 1.74. The van der Waals surface area contributed by atoms with Gasteiger partial charge in [0.25, 0.3) is 5.91 Å². The number of nitrogens with two attached hydrogens (primary N) is 1. The summed E-state index contributed by atoms with van der Waals surface area (Å²) in [6, 6.07) is 3.02. The molecule has 0 spiro atoms. The molecule has 2 heterocycles. The van der Waals surface area contributed by atoms with Crippen molar-refractivity contribution < 1.29 is 4.79 Å². The average Bonchev–Trinajstić information content (AvgIpc) is 2.84. The topological polar surface area (TPSA) is 97.9 Å². The second-order valence-corrected chi connectivity index (χ2v) is 4.91. The molecule has 0 aromatic carbocycles. The molecule has 0 unspecified atom stereocenters. The average molecular weight is 309 g/mol. The van der Waals surface area contributed by atoms with Crippen molar-refractivity contribution in [3.05, 3.63) is 40.3 Å². The molecule has 0 bridgehead atoms. The Bertz CT molecular complexity index is 654. The SMILES string of the molecule is CCc1nn(C)cc1CNC(=O)c1cc(Cl)nc(NN)c1. The zero-order valence-electron chi connectivity index (χ0n) is 11.9. The van der Waals surface area contributed by atoms with Gasteiger partial charge in [0.2, 0.25) is 0 Å². The van der Waals surface area contributed by atoms with Gasteiger partial charge in [0, 0.05) is 30.9 Å². The first-order chi connectivity index (χ1) is 10.0. The van der Waals surface area contributed by atoms with Crippen molar-refractivity contribution in [1.29, 1.82) is 0 Å². The van der Waals surface area contributed by atoms with Crippen molar-refractivity contribution in [3.8, 4) is 0 Å². The number of hydrogen-bond acceptors (Lipinski definition) is 5. The summed E-state index contributed by atoms with van der Waals surface area (Å²) in [5, 5.41) is 7.36. The van der Waals surface area contributed by atoms with Gasteiger partial charge >= 0.3 is 0 Å². The highest BCUT2D eigenvalue weighted by molar-refractivity contribution is 6.29. The van der Waals surface area contributed by atoms with Crippen LogP contribution in [0.3, 0.4) is 0 Å². The Labute approximate surface area is 127 Å². The standard InChI is InChI=1S/C13H17ClN6O/c1-3-10-9(7-20(2)19-10)6-16-13(21)8-4-11(14)17-12(5-8)18-15/h4-5,7H,3,6,15H2,1-2H3,(H,16,21)(H,17,18). The second-order valence-electron chi connectivity index (χ2n) is 4.52. The Morgan fingerprint density at radius 1 is 1.48 bits per heavy atom. The summed E-state index contributed by atoms with van der Waals surface area (Å²) in [6.07, 6.45) is 2.71. The molecule has 0 aliphatic rings. The molecule has 2 aromatic rings. The lowest BCUT2D eigenvalue weighted by molar-refractivity contribution is 0.0951. The van der Waals surface area contributed by atoms with Crippen LogP contribution in [-0.4, -0.2) is 20.7 Å². The highest BCUT2D eigenvalue weighted by Gasteiger charge is 2.11. The summed E-state index contributed by atoms with van der Waals surface area (Å²) in [5.74, 6) is 5.37. The molecule has 0 fully saturated rings. The fourth-order valence-corrected chi connectivity index (χ4v) is 2.22. The van der Waals surface area contributed by atoms with E-state index >= 15 is 0 Å². The lowest BCUT2D eigenvalue weighted by Gasteiger charge is -2.07. The number of carbonyl (C=O) groups is 1. The number of aromatic nitrogens is 3. The maximum Gasteiger partial charge on any atom is 0.251 e. The second kappa shape index (κ2) is 6.55. The zero-order valence-corrected chi connectivity index (χ0v) is 12.6. The largest absolute Gasteiger partial charge is 0.348 e. The number of carbonyl (C=O) groups excluding carboxylic acids is 1. The van der Waals surface area contributed by atoms with E-state index in [0.29, 0.717) is 17.9 Å². The zero-order chi connectivity index (χ0) is 15.4. The van der Waals surface area contributed by atoms with Crippen LogP contribution < -0.4 is 16.6 Å². The van der Waals surface area contributed by atoms with Gasteiger partial charge in [-0.15, -0.1) is 0 Å². The highest BCUT2D eigenvalue weighted by atomic mass is 35.5. The van der Waals surface area contributed by atoms with E-state index < -0.39 is 0 Å². The third-order valence-corrected chi connectivity index (χ3v) is 3.16. The Kier molecular flexibility index (Phi) is 4.77. The number of nitrogens with zero attached hydrogens (tertiary/aromatic N) is 3. The van der Waals surface area contributed by atoms with E-state index in [2.05, 4.69) is 20.8 Å². The molecule has 0 saturated carbocycles. The van der Waals surface area contributed by atoms with Crippen molar-refractivity contribution >= 4 is 23.3 Å². The van der Waals surface area contributed by atoms with Crippen LogP contribution in [0.4, 0.5) is 5.82 Å². The third kappa shape index (κ3) is 3.71. The van der Waals surface area contributed by atoms with Gasteiger partial charge in [-0.3, -0.25) is 9.48 Å². The van der Waals surface area contributed by atoms with Crippen LogP contribution in [0.25, 0.3) is 0 Å². The van der Waals surface area contributed by atoms with Crippen molar-refractivity contribution in [3.63, 3.8) is 0 Å². The first kappa shape index (κ1) is 15.3. The Hall–Kier alpha value is -2.12. The summed E-state index contributed by atoms with van der Waals surface area (Å²) in [7, 11) is 1.85. The van der Waals surface area contributed by atoms with Crippen molar-refractivity contribution in [2.75, 3.05) is 5.43 Å². The lowest BCUT2D eigenvalue weighted by Crippen LogP contribution is -2.23. The number of hydrazine groups is 1. The van der Waals surface area contributed by atoms with Gasteiger partial charge < -0.3 is 10.7 Å². The van der Waals surface area contributed by atoms with Crippen molar-refractivity contribution in [2.24, 2.45) is 12.9 Å². The van der Waals surface area contributed by atoms with Crippen LogP contribution in [0.5, 0.6) is 0 Å². The van der Waals surface area contributed by atoms with Crippen LogP contribution in [0.15, 0.2) is 18.3 Å². The molecule has 7 nitrogen and oxygen atoms in total. The minimum Gasteiger partial charge on any atom is -0.348 e. The number of pyridine rings is 1. The molecule has 0 atom stereocenters. The predicted octanol–water partition coefficient (Wildman–Crippen LogP) is 1.25. The highest BCUT2D eigenvalue weighted by Crippen LogP contribution is 2.14. The van der Waals surface area contributed by atoms with Gasteiger partial charge in [0.15, 0.2) is 0 Å². The number of anilines is 1. The van der Waals surface area contributed by atoms with Gasteiger partial charge in [0.05, 0.1) is 5.69 Å². The van der Waals surface area contributed by atoms with Crippen LogP contribution in [-0.2, 0) is 20.0 Å². The lowest BCUT2D eigenvalue weighted by atomic mass is 10.2. The van der Waals surface area contributed by atoms with Gasteiger partial charge in [-0.25, -0.2) is 10.8 Å². The molecule has 2 rings (SSSR count). The number of rotatable bonds is 5. The molecule has 2 aromatic heterocycles. The van der Waals surface area contributed by atoms with Gasteiger partial charge in [-0.1, -0.05) is 18.5 Å². The fourth-order valence-electron chi connectivity index (χ4n) is 2.01. The molecule has 0 aliphatic carbocycles. The van der Waals surface area contributed by atoms with Crippen molar-refractivity contribution in [1.82, 2.24) is 20.1 Å². The first-order valence-electron chi connectivity index (χ1n) is 6.47. The molecule has 1 amide bonds. The van der Waals surface area contributed by atoms with E-state index in [-0.39, 0.29) is 11.1 Å². The number of halogens is 1. The third-order valence-electron chi connectivity index (χ3n) is 2.97. The first-order valence-corrected chi connectivity index (χ1v) is 6.85. The quantitative estimate of drug-likeness (QED) is 0.439. The van der Waals surface area contributed by atoms with Crippen LogP contribution in [0, 0.1) is 0 Å². The molecule has 0 aliphatic heterocycles.